The van der Waals surface area contributed by atoms with E-state index in [1.807, 2.05) is 31.2 Å². The van der Waals surface area contributed by atoms with Crippen LogP contribution in [0.5, 0.6) is 0 Å². The molecular formula is C17H15N7O2. The van der Waals surface area contributed by atoms with Gasteiger partial charge in [-0.2, -0.15) is 9.67 Å². The highest BCUT2D eigenvalue weighted by molar-refractivity contribution is 5.78. The van der Waals surface area contributed by atoms with Crippen molar-refractivity contribution < 1.29 is 9.21 Å². The molecule has 1 aromatic carbocycles. The number of benzene rings is 1. The molecule has 3 aromatic heterocycles. The lowest BCUT2D eigenvalue weighted by molar-refractivity contribution is -0.120. The Balaban J connectivity index is 1.36. The molecule has 4 aromatic rings. The maximum absolute atomic E-state index is 12.1. The van der Waals surface area contributed by atoms with Crippen LogP contribution in [0.3, 0.4) is 0 Å². The number of hydrogen-bond donors (Lipinski definition) is 1. The van der Waals surface area contributed by atoms with E-state index >= 15 is 0 Å². The van der Waals surface area contributed by atoms with Gasteiger partial charge in [0.05, 0.1) is 18.7 Å². The van der Waals surface area contributed by atoms with Gasteiger partial charge in [0, 0.05) is 6.20 Å². The van der Waals surface area contributed by atoms with Gasteiger partial charge >= 0.3 is 0 Å². The Morgan fingerprint density at radius 3 is 2.81 bits per heavy atom. The highest BCUT2D eigenvalue weighted by Gasteiger charge is 2.09. The van der Waals surface area contributed by atoms with Crippen LogP contribution in [0.2, 0.25) is 0 Å². The molecule has 0 aliphatic carbocycles. The maximum Gasteiger partial charge on any atom is 0.224 e. The van der Waals surface area contributed by atoms with Crippen molar-refractivity contribution >= 4 is 17.1 Å². The van der Waals surface area contributed by atoms with Gasteiger partial charge in [0.1, 0.15) is 0 Å². The molecule has 9 nitrogen and oxygen atoms in total. The van der Waals surface area contributed by atoms with Crippen LogP contribution in [-0.2, 0) is 17.8 Å². The molecule has 3 heterocycles. The van der Waals surface area contributed by atoms with Crippen LogP contribution in [0.25, 0.3) is 16.9 Å². The Morgan fingerprint density at radius 2 is 2.08 bits per heavy atom. The molecular weight excluding hydrogens is 334 g/mol. The Hall–Kier alpha value is -3.62. The van der Waals surface area contributed by atoms with E-state index in [1.165, 1.54) is 0 Å². The summed E-state index contributed by atoms with van der Waals surface area (Å²) < 4.78 is 7.16. The van der Waals surface area contributed by atoms with Crippen LogP contribution in [0.15, 0.2) is 47.0 Å². The third-order valence-corrected chi connectivity index (χ3v) is 3.82. The number of oxazole rings is 1. The molecule has 0 spiro atoms. The van der Waals surface area contributed by atoms with Gasteiger partial charge in [-0.15, -0.1) is 5.10 Å². The first-order valence-electron chi connectivity index (χ1n) is 8.00. The van der Waals surface area contributed by atoms with Gasteiger partial charge in [0.15, 0.2) is 17.1 Å². The number of amides is 1. The minimum absolute atomic E-state index is 0.119. The summed E-state index contributed by atoms with van der Waals surface area (Å²) in [6.45, 7) is 2.04. The monoisotopic (exact) mass is 349 g/mol. The number of tetrazole rings is 1. The van der Waals surface area contributed by atoms with Crippen molar-refractivity contribution in [3.8, 4) is 5.69 Å². The van der Waals surface area contributed by atoms with Gasteiger partial charge < -0.3 is 9.73 Å². The normalized spacial score (nSPS) is 11.0. The molecule has 4 rings (SSSR count). The average Bonchev–Trinajstić information content (AvgIpc) is 3.26. The SMILES string of the molecule is Cc1nnnn1-c1ccc(CC(=O)NCc2nc3ncccc3o2)cc1. The molecule has 1 N–H and O–H groups in total. The number of nitrogens with one attached hydrogen (secondary N) is 1. The summed E-state index contributed by atoms with van der Waals surface area (Å²) in [4.78, 5) is 20.5. The highest BCUT2D eigenvalue weighted by Crippen LogP contribution is 2.12. The quantitative estimate of drug-likeness (QED) is 0.579. The standard InChI is InChI=1S/C17H15N7O2/c1-11-21-22-23-24(11)13-6-4-12(5-7-13)9-15(25)19-10-16-20-17-14(26-16)3-2-8-18-17/h2-8H,9-10H2,1H3,(H,19,25). The smallest absolute Gasteiger partial charge is 0.224 e. The van der Waals surface area contributed by atoms with Crippen molar-refractivity contribution in [3.05, 3.63) is 59.9 Å². The number of rotatable bonds is 5. The number of hydrogen-bond acceptors (Lipinski definition) is 7. The fraction of sp³-hybridized carbons (Fsp3) is 0.176. The minimum Gasteiger partial charge on any atom is -0.437 e. The summed E-state index contributed by atoms with van der Waals surface area (Å²) in [5.41, 5.74) is 2.86. The van der Waals surface area contributed by atoms with Crippen molar-refractivity contribution in [1.29, 1.82) is 0 Å². The van der Waals surface area contributed by atoms with Crippen LogP contribution in [0.1, 0.15) is 17.3 Å². The van der Waals surface area contributed by atoms with Crippen molar-refractivity contribution in [2.75, 3.05) is 0 Å². The largest absolute Gasteiger partial charge is 0.437 e. The van der Waals surface area contributed by atoms with E-state index in [-0.39, 0.29) is 18.9 Å². The topological polar surface area (TPSA) is 112 Å². The first kappa shape index (κ1) is 15.9. The molecule has 0 aliphatic rings. The Bertz CT molecular complexity index is 1020. The third-order valence-electron chi connectivity index (χ3n) is 3.82. The average molecular weight is 349 g/mol. The maximum atomic E-state index is 12.1. The zero-order valence-electron chi connectivity index (χ0n) is 14.0. The molecule has 9 heteroatoms. The van der Waals surface area contributed by atoms with Crippen molar-refractivity contribution in [2.24, 2.45) is 0 Å². The van der Waals surface area contributed by atoms with Crippen LogP contribution >= 0.6 is 0 Å². The van der Waals surface area contributed by atoms with Gasteiger partial charge in [0.25, 0.3) is 0 Å². The Labute approximate surface area is 148 Å². The molecule has 0 aliphatic heterocycles. The van der Waals surface area contributed by atoms with Gasteiger partial charge in [-0.25, -0.2) is 4.98 Å². The molecule has 1 amide bonds. The van der Waals surface area contributed by atoms with E-state index in [0.29, 0.717) is 22.9 Å². The second kappa shape index (κ2) is 6.71. The van der Waals surface area contributed by atoms with E-state index in [2.05, 4.69) is 30.8 Å². The van der Waals surface area contributed by atoms with Gasteiger partial charge in [0.2, 0.25) is 11.8 Å². The molecule has 130 valence electrons. The molecule has 0 atom stereocenters. The van der Waals surface area contributed by atoms with Crippen molar-refractivity contribution in [2.45, 2.75) is 19.9 Å². The van der Waals surface area contributed by atoms with Crippen LogP contribution in [0.4, 0.5) is 0 Å². The lowest BCUT2D eigenvalue weighted by Crippen LogP contribution is -2.24. The summed E-state index contributed by atoms with van der Waals surface area (Å²) in [6.07, 6.45) is 1.90. The molecule has 0 saturated heterocycles. The number of aryl methyl sites for hydroxylation is 1. The molecule has 0 bridgehead atoms. The van der Waals surface area contributed by atoms with Crippen LogP contribution < -0.4 is 5.32 Å². The van der Waals surface area contributed by atoms with E-state index in [0.717, 1.165) is 11.3 Å². The summed E-state index contributed by atoms with van der Waals surface area (Å²) in [7, 11) is 0. The number of pyridine rings is 1. The van der Waals surface area contributed by atoms with Gasteiger partial charge in [-0.05, 0) is 47.2 Å². The van der Waals surface area contributed by atoms with E-state index in [9.17, 15) is 4.79 Å². The number of carbonyl (C=O) groups excluding carboxylic acids is 1. The van der Waals surface area contributed by atoms with Gasteiger partial charge in [-0.1, -0.05) is 12.1 Å². The zero-order chi connectivity index (χ0) is 17.9. The summed E-state index contributed by atoms with van der Waals surface area (Å²) in [5.74, 6) is 1.01. The second-order valence-corrected chi connectivity index (χ2v) is 5.69. The third kappa shape index (κ3) is 3.27. The van der Waals surface area contributed by atoms with E-state index in [1.54, 1.807) is 23.0 Å². The number of carbonyl (C=O) groups is 1. The van der Waals surface area contributed by atoms with E-state index < -0.39 is 0 Å². The molecule has 0 unspecified atom stereocenters. The summed E-state index contributed by atoms with van der Waals surface area (Å²) in [5, 5.41) is 14.2. The lowest BCUT2D eigenvalue weighted by atomic mass is 10.1. The summed E-state index contributed by atoms with van der Waals surface area (Å²) in [6, 6.07) is 11.1. The molecule has 0 saturated carbocycles. The Morgan fingerprint density at radius 1 is 1.23 bits per heavy atom. The zero-order valence-corrected chi connectivity index (χ0v) is 14.0. The lowest BCUT2D eigenvalue weighted by Gasteiger charge is -2.05. The molecule has 26 heavy (non-hydrogen) atoms. The van der Waals surface area contributed by atoms with E-state index in [4.69, 9.17) is 4.42 Å². The molecule has 0 fully saturated rings. The summed E-state index contributed by atoms with van der Waals surface area (Å²) >= 11 is 0. The first-order valence-corrected chi connectivity index (χ1v) is 8.00. The van der Waals surface area contributed by atoms with Crippen LogP contribution in [0, 0.1) is 6.92 Å². The number of nitrogens with zero attached hydrogens (tertiary/aromatic N) is 6. The minimum atomic E-state index is -0.119. The van der Waals surface area contributed by atoms with Crippen molar-refractivity contribution in [3.63, 3.8) is 0 Å². The Kier molecular flexibility index (Phi) is 4.10. The number of fused-ring (bicyclic) bond motifs is 1. The fourth-order valence-corrected chi connectivity index (χ4v) is 2.54. The van der Waals surface area contributed by atoms with Crippen molar-refractivity contribution in [1.82, 2.24) is 35.5 Å². The molecule has 0 radical (unpaired) electrons. The van der Waals surface area contributed by atoms with Gasteiger partial charge in [-0.3, -0.25) is 4.79 Å². The predicted octanol–water partition coefficient (Wildman–Crippen LogP) is 1.37. The predicted molar refractivity (Wildman–Crippen MR) is 91.2 cm³/mol. The number of aromatic nitrogens is 6. The fourth-order valence-electron chi connectivity index (χ4n) is 2.54. The second-order valence-electron chi connectivity index (χ2n) is 5.69. The van der Waals surface area contributed by atoms with Crippen LogP contribution in [-0.4, -0.2) is 36.1 Å². The first-order chi connectivity index (χ1) is 12.7. The highest BCUT2D eigenvalue weighted by atomic mass is 16.3.